The van der Waals surface area contributed by atoms with Crippen molar-refractivity contribution >= 4 is 12.4 Å². The topological polar surface area (TPSA) is 126 Å². The summed E-state index contributed by atoms with van der Waals surface area (Å²) in [6.45, 7) is 4.34. The zero-order chi connectivity index (χ0) is 19.4. The molecule has 0 aromatic heterocycles. The molecule has 0 radical (unpaired) electrons. The zero-order valence-electron chi connectivity index (χ0n) is 18.1. The predicted molar refractivity (Wildman–Crippen MR) is 115 cm³/mol. The molecule has 5 atom stereocenters. The number of aliphatic hydroxyl groups is 3. The van der Waals surface area contributed by atoms with Crippen LogP contribution in [0.15, 0.2) is 0 Å². The van der Waals surface area contributed by atoms with Crippen LogP contribution in [-0.2, 0) is 9.47 Å². The maximum Gasteiger partial charge on any atom is 0.183 e. The monoisotopic (exact) mass is 428 g/mol. The molecule has 1 saturated heterocycles. The van der Waals surface area contributed by atoms with Gasteiger partial charge in [-0.2, -0.15) is 0 Å². The Morgan fingerprint density at radius 3 is 1.89 bits per heavy atom. The number of aliphatic hydroxyl groups excluding tert-OH is 3. The molecule has 0 aromatic carbocycles. The van der Waals surface area contributed by atoms with E-state index >= 15 is 0 Å². The Hall–Kier alpha value is 0.01000. The first kappa shape index (κ1) is 30.2. The minimum atomic E-state index is -1.13. The molecule has 1 unspecified atom stereocenters. The number of nitrogens with one attached hydrogen (secondary N) is 1. The van der Waals surface area contributed by atoms with E-state index in [4.69, 9.17) is 9.47 Å². The van der Waals surface area contributed by atoms with Gasteiger partial charge in [0.05, 0.1) is 12.6 Å². The van der Waals surface area contributed by atoms with Crippen LogP contribution in [0.25, 0.3) is 0 Å². The van der Waals surface area contributed by atoms with Gasteiger partial charge in [-0.1, -0.05) is 64.7 Å². The second-order valence-electron chi connectivity index (χ2n) is 7.65. The summed E-state index contributed by atoms with van der Waals surface area (Å²) >= 11 is 0. The molecule has 0 bridgehead atoms. The molecule has 0 amide bonds. The largest absolute Gasteiger partial charge is 0.394 e. The van der Waals surface area contributed by atoms with Gasteiger partial charge in [-0.3, -0.25) is 0 Å². The summed E-state index contributed by atoms with van der Waals surface area (Å²) in [7, 11) is 1.51. The predicted octanol–water partition coefficient (Wildman–Crippen LogP) is 2.92. The van der Waals surface area contributed by atoms with Gasteiger partial charge >= 0.3 is 0 Å². The van der Waals surface area contributed by atoms with Crippen molar-refractivity contribution in [2.24, 2.45) is 0 Å². The SMILES string of the molecule is CCCCCCCCCCCCN[C@H]1[C@@H](O)[C@H](O)[C@@H](CO)OC1(C)OC.Cl.N. The highest BCUT2D eigenvalue weighted by atomic mass is 35.5. The van der Waals surface area contributed by atoms with Crippen LogP contribution in [0.2, 0.25) is 0 Å². The highest BCUT2D eigenvalue weighted by Gasteiger charge is 2.51. The summed E-state index contributed by atoms with van der Waals surface area (Å²) in [4.78, 5) is 0. The number of ether oxygens (including phenoxy) is 2. The average molecular weight is 429 g/mol. The molecular weight excluding hydrogens is 384 g/mol. The molecule has 7 N–H and O–H groups in total. The fraction of sp³-hybridized carbons (Fsp3) is 1.00. The highest BCUT2D eigenvalue weighted by Crippen LogP contribution is 2.30. The first-order chi connectivity index (χ1) is 12.5. The third kappa shape index (κ3) is 9.67. The summed E-state index contributed by atoms with van der Waals surface area (Å²) in [5.41, 5.74) is 0. The van der Waals surface area contributed by atoms with Gasteiger partial charge in [-0.15, -0.1) is 12.4 Å². The van der Waals surface area contributed by atoms with Crippen LogP contribution in [-0.4, -0.2) is 65.7 Å². The second kappa shape index (κ2) is 16.8. The van der Waals surface area contributed by atoms with Gasteiger partial charge in [0.15, 0.2) is 5.79 Å². The summed E-state index contributed by atoms with van der Waals surface area (Å²) in [6.07, 6.45) is 9.72. The van der Waals surface area contributed by atoms with E-state index in [-0.39, 0.29) is 25.2 Å². The van der Waals surface area contributed by atoms with E-state index in [2.05, 4.69) is 12.2 Å². The van der Waals surface area contributed by atoms with Gasteiger partial charge in [0.1, 0.15) is 18.3 Å². The first-order valence-corrected chi connectivity index (χ1v) is 10.4. The van der Waals surface area contributed by atoms with E-state index in [9.17, 15) is 15.3 Å². The lowest BCUT2D eigenvalue weighted by molar-refractivity contribution is -0.320. The van der Waals surface area contributed by atoms with Crippen LogP contribution in [0.1, 0.15) is 78.1 Å². The Morgan fingerprint density at radius 2 is 1.43 bits per heavy atom. The maximum atomic E-state index is 10.4. The number of unbranched alkanes of at least 4 members (excludes halogenated alkanes) is 9. The van der Waals surface area contributed by atoms with Crippen molar-refractivity contribution in [1.29, 1.82) is 0 Å². The number of methoxy groups -OCH3 is 1. The molecule has 172 valence electrons. The van der Waals surface area contributed by atoms with Crippen LogP contribution < -0.4 is 11.5 Å². The highest BCUT2D eigenvalue weighted by molar-refractivity contribution is 5.85. The van der Waals surface area contributed by atoms with Crippen molar-refractivity contribution in [3.05, 3.63) is 0 Å². The fourth-order valence-electron chi connectivity index (χ4n) is 3.67. The van der Waals surface area contributed by atoms with Gasteiger partial charge in [0.2, 0.25) is 0 Å². The molecule has 7 nitrogen and oxygen atoms in total. The summed E-state index contributed by atoms with van der Waals surface area (Å²) in [6, 6.07) is -0.538. The summed E-state index contributed by atoms with van der Waals surface area (Å²) in [5.74, 6) is -1.08. The molecule has 0 aliphatic carbocycles. The minimum absolute atomic E-state index is 0. The quantitative estimate of drug-likeness (QED) is 0.269. The van der Waals surface area contributed by atoms with Gasteiger partial charge in [-0.05, 0) is 19.9 Å². The smallest absolute Gasteiger partial charge is 0.183 e. The Labute approximate surface area is 177 Å². The fourth-order valence-corrected chi connectivity index (χ4v) is 3.67. The minimum Gasteiger partial charge on any atom is -0.394 e. The van der Waals surface area contributed by atoms with Crippen molar-refractivity contribution in [2.45, 2.75) is 108 Å². The Bertz CT molecular complexity index is 367. The first-order valence-electron chi connectivity index (χ1n) is 10.4. The van der Waals surface area contributed by atoms with E-state index in [0.717, 1.165) is 19.4 Å². The van der Waals surface area contributed by atoms with Gasteiger partial charge in [0, 0.05) is 7.11 Å². The lowest BCUT2D eigenvalue weighted by atomic mass is 9.91. The van der Waals surface area contributed by atoms with Crippen molar-refractivity contribution in [1.82, 2.24) is 11.5 Å². The van der Waals surface area contributed by atoms with Crippen LogP contribution >= 0.6 is 12.4 Å². The number of halogens is 1. The van der Waals surface area contributed by atoms with E-state index in [0.29, 0.717) is 0 Å². The Kier molecular flexibility index (Phi) is 18.1. The number of hydrogen-bond donors (Lipinski definition) is 5. The zero-order valence-corrected chi connectivity index (χ0v) is 18.9. The lowest BCUT2D eigenvalue weighted by Gasteiger charge is -2.48. The van der Waals surface area contributed by atoms with Crippen LogP contribution in [0, 0.1) is 0 Å². The van der Waals surface area contributed by atoms with E-state index in [1.165, 1.54) is 58.5 Å². The van der Waals surface area contributed by atoms with Gasteiger partial charge in [-0.25, -0.2) is 0 Å². The van der Waals surface area contributed by atoms with Crippen LogP contribution in [0.5, 0.6) is 0 Å². The molecular formula is C20H45ClN2O5. The Morgan fingerprint density at radius 1 is 0.929 bits per heavy atom. The van der Waals surface area contributed by atoms with Crippen LogP contribution in [0.4, 0.5) is 0 Å². The maximum absolute atomic E-state index is 10.4. The normalized spacial score (nSPS) is 29.8. The lowest BCUT2D eigenvalue weighted by Crippen LogP contribution is -2.69. The van der Waals surface area contributed by atoms with Crippen molar-refractivity contribution < 1.29 is 24.8 Å². The summed E-state index contributed by atoms with van der Waals surface area (Å²) in [5, 5.41) is 33.0. The number of hydrogen-bond acceptors (Lipinski definition) is 7. The molecule has 1 rings (SSSR count). The van der Waals surface area contributed by atoms with Crippen molar-refractivity contribution in [2.75, 3.05) is 20.3 Å². The molecule has 0 aromatic rings. The molecule has 0 spiro atoms. The van der Waals surface area contributed by atoms with Gasteiger partial charge < -0.3 is 36.3 Å². The van der Waals surface area contributed by atoms with Crippen molar-refractivity contribution in [3.8, 4) is 0 Å². The second-order valence-corrected chi connectivity index (χ2v) is 7.65. The number of rotatable bonds is 14. The third-order valence-electron chi connectivity index (χ3n) is 5.50. The van der Waals surface area contributed by atoms with E-state index in [1.807, 2.05) is 0 Å². The molecule has 28 heavy (non-hydrogen) atoms. The molecule has 1 fully saturated rings. The molecule has 1 aliphatic rings. The Balaban J connectivity index is 0. The molecule has 8 heteroatoms. The van der Waals surface area contributed by atoms with E-state index in [1.54, 1.807) is 6.92 Å². The molecule has 1 heterocycles. The van der Waals surface area contributed by atoms with Crippen molar-refractivity contribution in [3.63, 3.8) is 0 Å². The molecule has 1 aliphatic heterocycles. The third-order valence-corrected chi connectivity index (χ3v) is 5.50. The van der Waals surface area contributed by atoms with Crippen LogP contribution in [0.3, 0.4) is 0 Å². The average Bonchev–Trinajstić information content (AvgIpc) is 2.65. The van der Waals surface area contributed by atoms with Gasteiger partial charge in [0.25, 0.3) is 0 Å². The standard InChI is InChI=1S/C20H41NO5.ClH.H3N/c1-4-5-6-7-8-9-10-11-12-13-14-21-19-18(24)17(23)16(15-22)26-20(19,2)25-3;;/h16-19,21-24H,4-15H2,1-3H3;1H;1H3/t16-,17-,18+,19+,20?;;/m1../s1. The van der Waals surface area contributed by atoms with E-state index < -0.39 is 30.1 Å². The summed E-state index contributed by atoms with van der Waals surface area (Å²) < 4.78 is 11.1. The molecule has 0 saturated carbocycles.